The first-order valence-electron chi connectivity index (χ1n) is 8.46. The molecule has 0 saturated carbocycles. The number of halogens is 2. The van der Waals surface area contributed by atoms with Crippen LogP contribution in [0.25, 0.3) is 0 Å². The lowest BCUT2D eigenvalue weighted by atomic mass is 9.97. The van der Waals surface area contributed by atoms with Crippen molar-refractivity contribution in [3.05, 3.63) is 70.0 Å². The van der Waals surface area contributed by atoms with Gasteiger partial charge in [0.25, 0.3) is 5.91 Å². The maximum absolute atomic E-state index is 13.5. The topological polar surface area (TPSA) is 66.4 Å². The fourth-order valence-corrected chi connectivity index (χ4v) is 3.56. The maximum atomic E-state index is 13.5. The summed E-state index contributed by atoms with van der Waals surface area (Å²) in [4.78, 5) is 24.6. The Morgan fingerprint density at radius 3 is 2.73 bits per heavy atom. The van der Waals surface area contributed by atoms with Gasteiger partial charge in [0.15, 0.2) is 0 Å². The van der Waals surface area contributed by atoms with Crippen LogP contribution in [0.3, 0.4) is 0 Å². The average molecular weight is 376 g/mol. The Labute approximate surface area is 156 Å². The molecular formula is C20H19ClFNO3. The number of Topliss-reactive ketones (excluding diaryl/α,β-unsaturated/α-hetero) is 1. The minimum Gasteiger partial charge on any atom is -0.396 e. The number of hydrogen-bond donors (Lipinski definition) is 2. The van der Waals surface area contributed by atoms with Crippen LogP contribution in [-0.4, -0.2) is 23.4 Å². The number of aliphatic hydroxyl groups is 1. The van der Waals surface area contributed by atoms with Crippen molar-refractivity contribution in [2.24, 2.45) is 5.92 Å². The molecule has 0 bridgehead atoms. The van der Waals surface area contributed by atoms with E-state index in [4.69, 9.17) is 11.6 Å². The minimum absolute atomic E-state index is 0.0169. The third-order valence-electron chi connectivity index (χ3n) is 4.73. The van der Waals surface area contributed by atoms with E-state index in [0.717, 1.165) is 23.6 Å². The molecule has 0 heterocycles. The number of nitrogens with one attached hydrogen (secondary N) is 1. The Hall–Kier alpha value is -2.24. The van der Waals surface area contributed by atoms with Crippen LogP contribution < -0.4 is 5.32 Å². The standard InChI is InChI=1S/C20H19ClFNO3/c21-16-6-5-12(9-17(16)22)10-18(25)20(26)23-19-14(7-8-24)11-13-3-1-2-4-15(13)19/h1-6,9,14,19,24H,7-8,10-11H2,(H,23,26)/t14-,19+/m0/s1. The van der Waals surface area contributed by atoms with E-state index in [2.05, 4.69) is 5.32 Å². The molecule has 2 N–H and O–H groups in total. The van der Waals surface area contributed by atoms with Gasteiger partial charge in [0, 0.05) is 13.0 Å². The predicted octanol–water partition coefficient (Wildman–Crippen LogP) is 3.00. The molecule has 0 unspecified atom stereocenters. The third kappa shape index (κ3) is 3.94. The number of fused-ring (bicyclic) bond motifs is 1. The number of hydrogen-bond acceptors (Lipinski definition) is 3. The van der Waals surface area contributed by atoms with Crippen LogP contribution in [0.5, 0.6) is 0 Å². The normalized spacial score (nSPS) is 18.4. The van der Waals surface area contributed by atoms with E-state index in [0.29, 0.717) is 12.0 Å². The molecule has 0 spiro atoms. The highest BCUT2D eigenvalue weighted by atomic mass is 35.5. The van der Waals surface area contributed by atoms with Gasteiger partial charge in [-0.1, -0.05) is 41.9 Å². The molecule has 136 valence electrons. The Bertz CT molecular complexity index is 840. The number of carbonyl (C=O) groups excluding carboxylic acids is 2. The van der Waals surface area contributed by atoms with Crippen molar-refractivity contribution in [3.8, 4) is 0 Å². The second kappa shape index (κ2) is 7.98. The van der Waals surface area contributed by atoms with Crippen molar-refractivity contribution in [1.29, 1.82) is 0 Å². The molecule has 2 aromatic rings. The predicted molar refractivity (Wildman–Crippen MR) is 96.3 cm³/mol. The molecule has 26 heavy (non-hydrogen) atoms. The summed E-state index contributed by atoms with van der Waals surface area (Å²) in [7, 11) is 0. The quantitative estimate of drug-likeness (QED) is 0.763. The van der Waals surface area contributed by atoms with E-state index >= 15 is 0 Å². The molecule has 1 aliphatic rings. The first-order chi connectivity index (χ1) is 12.5. The van der Waals surface area contributed by atoms with Crippen molar-refractivity contribution in [3.63, 3.8) is 0 Å². The largest absolute Gasteiger partial charge is 0.396 e. The van der Waals surface area contributed by atoms with Crippen LogP contribution in [0, 0.1) is 11.7 Å². The summed E-state index contributed by atoms with van der Waals surface area (Å²) in [5, 5.41) is 12.1. The zero-order valence-corrected chi connectivity index (χ0v) is 14.8. The van der Waals surface area contributed by atoms with Gasteiger partial charge in [-0.15, -0.1) is 0 Å². The van der Waals surface area contributed by atoms with Gasteiger partial charge >= 0.3 is 0 Å². The highest BCUT2D eigenvalue weighted by Gasteiger charge is 2.33. The van der Waals surface area contributed by atoms with E-state index in [1.165, 1.54) is 12.1 Å². The fourth-order valence-electron chi connectivity index (χ4n) is 3.44. The molecule has 1 aliphatic carbocycles. The van der Waals surface area contributed by atoms with E-state index in [9.17, 15) is 19.1 Å². The summed E-state index contributed by atoms with van der Waals surface area (Å²) in [6.07, 6.45) is 1.09. The van der Waals surface area contributed by atoms with E-state index < -0.39 is 17.5 Å². The average Bonchev–Trinajstić information content (AvgIpc) is 2.96. The zero-order valence-electron chi connectivity index (χ0n) is 14.0. The molecule has 0 saturated heterocycles. The first kappa shape index (κ1) is 18.5. The van der Waals surface area contributed by atoms with Gasteiger partial charge in [-0.25, -0.2) is 4.39 Å². The van der Waals surface area contributed by atoms with E-state index in [-0.39, 0.29) is 30.0 Å². The van der Waals surface area contributed by atoms with Crippen LogP contribution in [0.4, 0.5) is 4.39 Å². The van der Waals surface area contributed by atoms with E-state index in [1.54, 1.807) is 0 Å². The SMILES string of the molecule is O=C(Cc1ccc(Cl)c(F)c1)C(=O)N[C@H]1c2ccccc2C[C@@H]1CCO. The molecule has 0 fully saturated rings. The second-order valence-corrected chi connectivity index (χ2v) is 6.88. The van der Waals surface area contributed by atoms with Gasteiger partial charge in [0.1, 0.15) is 5.82 Å². The van der Waals surface area contributed by atoms with Gasteiger partial charge in [-0.2, -0.15) is 0 Å². The van der Waals surface area contributed by atoms with Crippen molar-refractivity contribution in [1.82, 2.24) is 5.32 Å². The highest BCUT2D eigenvalue weighted by Crippen LogP contribution is 2.37. The number of ketones is 1. The Morgan fingerprint density at radius 1 is 1.23 bits per heavy atom. The fraction of sp³-hybridized carbons (Fsp3) is 0.300. The maximum Gasteiger partial charge on any atom is 0.288 e. The second-order valence-electron chi connectivity index (χ2n) is 6.47. The van der Waals surface area contributed by atoms with Gasteiger partial charge in [-0.05, 0) is 47.6 Å². The molecule has 2 atom stereocenters. The van der Waals surface area contributed by atoms with E-state index in [1.807, 2.05) is 24.3 Å². The molecule has 0 aliphatic heterocycles. The van der Waals surface area contributed by atoms with Gasteiger partial charge in [-0.3, -0.25) is 9.59 Å². The van der Waals surface area contributed by atoms with Crippen molar-refractivity contribution in [2.75, 3.05) is 6.61 Å². The van der Waals surface area contributed by atoms with Crippen LogP contribution >= 0.6 is 11.6 Å². The smallest absolute Gasteiger partial charge is 0.288 e. The summed E-state index contributed by atoms with van der Waals surface area (Å²) >= 11 is 5.63. The summed E-state index contributed by atoms with van der Waals surface area (Å²) in [5.41, 5.74) is 2.49. The van der Waals surface area contributed by atoms with Gasteiger partial charge in [0.2, 0.25) is 5.78 Å². The monoisotopic (exact) mass is 375 g/mol. The molecule has 1 amide bonds. The van der Waals surface area contributed by atoms with Crippen LogP contribution in [0.1, 0.15) is 29.2 Å². The summed E-state index contributed by atoms with van der Waals surface area (Å²) < 4.78 is 13.5. The summed E-state index contributed by atoms with van der Waals surface area (Å²) in [6.45, 7) is 0.0169. The lowest BCUT2D eigenvalue weighted by Gasteiger charge is -2.21. The minimum atomic E-state index is -0.704. The number of amides is 1. The molecule has 3 rings (SSSR count). The van der Waals surface area contributed by atoms with Gasteiger partial charge in [0.05, 0.1) is 11.1 Å². The lowest BCUT2D eigenvalue weighted by Crippen LogP contribution is -2.37. The highest BCUT2D eigenvalue weighted by molar-refractivity contribution is 6.36. The lowest BCUT2D eigenvalue weighted by molar-refractivity contribution is -0.138. The summed E-state index contributed by atoms with van der Waals surface area (Å²) in [6, 6.07) is 11.5. The van der Waals surface area contributed by atoms with Gasteiger partial charge < -0.3 is 10.4 Å². The van der Waals surface area contributed by atoms with Crippen LogP contribution in [-0.2, 0) is 22.4 Å². The van der Waals surface area contributed by atoms with Crippen LogP contribution in [0.15, 0.2) is 42.5 Å². The zero-order chi connectivity index (χ0) is 18.7. The molecular weight excluding hydrogens is 357 g/mol. The Balaban J connectivity index is 1.71. The summed E-state index contributed by atoms with van der Waals surface area (Å²) in [5.74, 6) is -1.92. The van der Waals surface area contributed by atoms with Crippen molar-refractivity contribution in [2.45, 2.75) is 25.3 Å². The number of aliphatic hydroxyl groups excluding tert-OH is 1. The number of rotatable bonds is 6. The molecule has 6 heteroatoms. The van der Waals surface area contributed by atoms with Crippen molar-refractivity contribution < 1.29 is 19.1 Å². The third-order valence-corrected chi connectivity index (χ3v) is 5.04. The van der Waals surface area contributed by atoms with Crippen LogP contribution in [0.2, 0.25) is 5.02 Å². The first-order valence-corrected chi connectivity index (χ1v) is 8.83. The molecule has 0 aromatic heterocycles. The Morgan fingerprint density at radius 2 is 2.00 bits per heavy atom. The number of benzene rings is 2. The number of carbonyl (C=O) groups is 2. The van der Waals surface area contributed by atoms with Crippen molar-refractivity contribution >= 4 is 23.3 Å². The molecule has 4 nitrogen and oxygen atoms in total. The Kier molecular flexibility index (Phi) is 5.69. The molecule has 2 aromatic carbocycles. The molecule has 0 radical (unpaired) electrons.